The van der Waals surface area contributed by atoms with Gasteiger partial charge in [-0.2, -0.15) is 0 Å². The van der Waals surface area contributed by atoms with E-state index in [1.807, 2.05) is 0 Å². The zero-order valence-electron chi connectivity index (χ0n) is 7.53. The van der Waals surface area contributed by atoms with Crippen LogP contribution in [0.5, 0.6) is 0 Å². The highest BCUT2D eigenvalue weighted by atomic mass is 35.5. The van der Waals surface area contributed by atoms with Crippen molar-refractivity contribution >= 4 is 17.4 Å². The third kappa shape index (κ3) is 2.52. The zero-order chi connectivity index (χ0) is 10.0. The first-order valence-corrected chi connectivity index (χ1v) is 4.32. The third-order valence-corrected chi connectivity index (χ3v) is 2.00. The molecular formula is C10H10ClFO. The summed E-state index contributed by atoms with van der Waals surface area (Å²) in [5.41, 5.74) is 1.24. The van der Waals surface area contributed by atoms with Gasteiger partial charge in [-0.3, -0.25) is 4.79 Å². The summed E-state index contributed by atoms with van der Waals surface area (Å²) < 4.78 is 13.0. The number of hydrogen-bond acceptors (Lipinski definition) is 1. The summed E-state index contributed by atoms with van der Waals surface area (Å²) in [5, 5.41) is 0.0799. The lowest BCUT2D eigenvalue weighted by molar-refractivity contribution is -0.116. The fourth-order valence-electron chi connectivity index (χ4n) is 1.19. The van der Waals surface area contributed by atoms with Gasteiger partial charge in [-0.15, -0.1) is 0 Å². The molecule has 0 aliphatic carbocycles. The molecule has 0 bridgehead atoms. The summed E-state index contributed by atoms with van der Waals surface area (Å²) in [6.07, 6.45) is 0.306. The number of carbonyl (C=O) groups excluding carboxylic acids is 1. The van der Waals surface area contributed by atoms with Gasteiger partial charge in [-0.05, 0) is 31.0 Å². The summed E-state index contributed by atoms with van der Waals surface area (Å²) in [6.45, 7) is 3.12. The van der Waals surface area contributed by atoms with E-state index in [9.17, 15) is 9.18 Å². The summed E-state index contributed by atoms with van der Waals surface area (Å²) in [6, 6.07) is 3.13. The molecular weight excluding hydrogens is 191 g/mol. The van der Waals surface area contributed by atoms with E-state index in [4.69, 9.17) is 11.6 Å². The quantitative estimate of drug-likeness (QED) is 0.718. The van der Waals surface area contributed by atoms with Gasteiger partial charge in [0.2, 0.25) is 0 Å². The maximum Gasteiger partial charge on any atom is 0.144 e. The Hall–Kier alpha value is -0.890. The molecule has 0 unspecified atom stereocenters. The van der Waals surface area contributed by atoms with E-state index in [0.717, 1.165) is 5.56 Å². The molecule has 0 saturated carbocycles. The molecule has 3 heteroatoms. The van der Waals surface area contributed by atoms with E-state index in [1.165, 1.54) is 13.0 Å². The lowest BCUT2D eigenvalue weighted by Gasteiger charge is -2.03. The number of benzene rings is 1. The van der Waals surface area contributed by atoms with E-state index in [2.05, 4.69) is 0 Å². The highest BCUT2D eigenvalue weighted by Gasteiger charge is 2.06. The summed E-state index contributed by atoms with van der Waals surface area (Å²) in [7, 11) is 0. The van der Waals surface area contributed by atoms with E-state index in [1.54, 1.807) is 13.0 Å². The highest BCUT2D eigenvalue weighted by Crippen LogP contribution is 2.20. The average Bonchev–Trinajstić information content (AvgIpc) is 1.98. The SMILES string of the molecule is CC(=O)Cc1cc(C)c(F)c(Cl)c1. The van der Waals surface area contributed by atoms with Gasteiger partial charge in [0.25, 0.3) is 0 Å². The van der Waals surface area contributed by atoms with Crippen LogP contribution in [0.2, 0.25) is 5.02 Å². The molecule has 0 saturated heterocycles. The number of halogens is 2. The normalized spacial score (nSPS) is 10.2. The molecule has 0 heterocycles. The number of aryl methyl sites for hydroxylation is 1. The minimum absolute atomic E-state index is 0.0436. The molecule has 0 aliphatic heterocycles. The zero-order valence-corrected chi connectivity index (χ0v) is 8.28. The predicted molar refractivity (Wildman–Crippen MR) is 50.5 cm³/mol. The lowest BCUT2D eigenvalue weighted by atomic mass is 10.1. The van der Waals surface area contributed by atoms with Crippen LogP contribution >= 0.6 is 11.6 Å². The topological polar surface area (TPSA) is 17.1 Å². The van der Waals surface area contributed by atoms with Crippen molar-refractivity contribution in [2.24, 2.45) is 0 Å². The molecule has 0 amide bonds. The molecule has 13 heavy (non-hydrogen) atoms. The average molecular weight is 201 g/mol. The molecule has 0 aliphatic rings. The van der Waals surface area contributed by atoms with Gasteiger partial charge in [0.1, 0.15) is 11.6 Å². The van der Waals surface area contributed by atoms with Crippen LogP contribution in [0.1, 0.15) is 18.1 Å². The standard InChI is InChI=1S/C10H10ClFO/c1-6-3-8(4-7(2)13)5-9(11)10(6)12/h3,5H,4H2,1-2H3. The van der Waals surface area contributed by atoms with Crippen LogP contribution in [0.4, 0.5) is 4.39 Å². The number of rotatable bonds is 2. The van der Waals surface area contributed by atoms with Gasteiger partial charge in [0.15, 0.2) is 0 Å². The first-order chi connectivity index (χ1) is 6.00. The van der Waals surface area contributed by atoms with E-state index in [0.29, 0.717) is 12.0 Å². The second kappa shape index (κ2) is 3.88. The van der Waals surface area contributed by atoms with Crippen molar-refractivity contribution in [1.29, 1.82) is 0 Å². The van der Waals surface area contributed by atoms with Crippen LogP contribution < -0.4 is 0 Å². The van der Waals surface area contributed by atoms with Crippen molar-refractivity contribution in [1.82, 2.24) is 0 Å². The van der Waals surface area contributed by atoms with Crippen LogP contribution in [0.3, 0.4) is 0 Å². The smallest absolute Gasteiger partial charge is 0.144 e. The fraction of sp³-hybridized carbons (Fsp3) is 0.300. The first kappa shape index (κ1) is 10.2. The largest absolute Gasteiger partial charge is 0.300 e. The van der Waals surface area contributed by atoms with Crippen LogP contribution in [-0.2, 0) is 11.2 Å². The van der Waals surface area contributed by atoms with Crippen LogP contribution in [0.25, 0.3) is 0 Å². The van der Waals surface area contributed by atoms with Gasteiger partial charge in [-0.25, -0.2) is 4.39 Å². The van der Waals surface area contributed by atoms with Crippen molar-refractivity contribution < 1.29 is 9.18 Å². The molecule has 1 aromatic rings. The van der Waals surface area contributed by atoms with Crippen LogP contribution in [0.15, 0.2) is 12.1 Å². The molecule has 1 nitrogen and oxygen atoms in total. The third-order valence-electron chi connectivity index (χ3n) is 1.72. The van der Waals surface area contributed by atoms with Gasteiger partial charge >= 0.3 is 0 Å². The molecule has 0 aromatic heterocycles. The monoisotopic (exact) mass is 200 g/mol. The van der Waals surface area contributed by atoms with Crippen molar-refractivity contribution in [3.05, 3.63) is 34.1 Å². The maximum atomic E-state index is 13.0. The Balaban J connectivity index is 3.06. The second-order valence-corrected chi connectivity index (χ2v) is 3.49. The molecule has 70 valence electrons. The van der Waals surface area contributed by atoms with Gasteiger partial charge in [0.05, 0.1) is 5.02 Å². The second-order valence-electron chi connectivity index (χ2n) is 3.09. The van der Waals surface area contributed by atoms with Crippen molar-refractivity contribution in [3.63, 3.8) is 0 Å². The highest BCUT2D eigenvalue weighted by molar-refractivity contribution is 6.30. The summed E-state index contributed by atoms with van der Waals surface area (Å²) in [5.74, 6) is -0.365. The Morgan fingerprint density at radius 1 is 1.54 bits per heavy atom. The van der Waals surface area contributed by atoms with Crippen molar-refractivity contribution in [3.8, 4) is 0 Å². The molecule has 0 atom stereocenters. The Morgan fingerprint density at radius 2 is 2.15 bits per heavy atom. The molecule has 0 spiro atoms. The summed E-state index contributed by atoms with van der Waals surface area (Å²) >= 11 is 5.62. The summed E-state index contributed by atoms with van der Waals surface area (Å²) in [4.78, 5) is 10.8. The van der Waals surface area contributed by atoms with Crippen molar-refractivity contribution in [2.75, 3.05) is 0 Å². The van der Waals surface area contributed by atoms with Gasteiger partial charge in [-0.1, -0.05) is 17.7 Å². The number of hydrogen-bond donors (Lipinski definition) is 0. The van der Waals surface area contributed by atoms with E-state index < -0.39 is 5.82 Å². The lowest BCUT2D eigenvalue weighted by Crippen LogP contribution is -1.98. The van der Waals surface area contributed by atoms with E-state index >= 15 is 0 Å². The fourth-order valence-corrected chi connectivity index (χ4v) is 1.48. The Morgan fingerprint density at radius 3 is 2.62 bits per heavy atom. The Kier molecular flexibility index (Phi) is 3.04. The Labute approximate surface area is 81.5 Å². The number of ketones is 1. The molecule has 0 fully saturated rings. The first-order valence-electron chi connectivity index (χ1n) is 3.94. The van der Waals surface area contributed by atoms with Gasteiger partial charge < -0.3 is 0 Å². The Bertz CT molecular complexity index is 324. The minimum Gasteiger partial charge on any atom is -0.300 e. The van der Waals surface area contributed by atoms with Crippen LogP contribution in [0, 0.1) is 12.7 Å². The molecule has 1 rings (SSSR count). The molecule has 0 N–H and O–H groups in total. The van der Waals surface area contributed by atoms with E-state index in [-0.39, 0.29) is 10.8 Å². The van der Waals surface area contributed by atoms with Gasteiger partial charge in [0, 0.05) is 6.42 Å². The maximum absolute atomic E-state index is 13.0. The minimum atomic E-state index is -0.408. The number of Topliss-reactive ketones (excluding diaryl/α,β-unsaturated/α-hetero) is 1. The number of carbonyl (C=O) groups is 1. The van der Waals surface area contributed by atoms with Crippen LogP contribution in [-0.4, -0.2) is 5.78 Å². The molecule has 0 radical (unpaired) electrons. The predicted octanol–water partition coefficient (Wildman–Crippen LogP) is 2.92. The van der Waals surface area contributed by atoms with Crippen molar-refractivity contribution in [2.45, 2.75) is 20.3 Å². The molecule has 1 aromatic carbocycles.